The van der Waals surface area contributed by atoms with E-state index >= 15 is 0 Å². The normalized spacial score (nSPS) is 20.6. The average Bonchev–Trinajstić information content (AvgIpc) is 2.68. The minimum absolute atomic E-state index is 0.184. The van der Waals surface area contributed by atoms with E-state index in [0.29, 0.717) is 25.6 Å². The summed E-state index contributed by atoms with van der Waals surface area (Å²) in [7, 11) is 0. The number of rotatable bonds is 7. The van der Waals surface area contributed by atoms with Crippen LogP contribution in [0, 0.1) is 11.3 Å². The molecule has 112 valence electrons. The van der Waals surface area contributed by atoms with Crippen LogP contribution in [0.3, 0.4) is 0 Å². The van der Waals surface area contributed by atoms with Crippen molar-refractivity contribution in [2.24, 2.45) is 11.3 Å². The van der Waals surface area contributed by atoms with Crippen molar-refractivity contribution in [3.63, 3.8) is 0 Å². The van der Waals surface area contributed by atoms with Crippen molar-refractivity contribution in [3.8, 4) is 0 Å². The summed E-state index contributed by atoms with van der Waals surface area (Å²) in [5.41, 5.74) is 0.198. The van der Waals surface area contributed by atoms with Crippen LogP contribution in [0.4, 0.5) is 0 Å². The Morgan fingerprint density at radius 3 is 2.26 bits per heavy atom. The zero-order valence-corrected chi connectivity index (χ0v) is 13.1. The molecule has 1 aliphatic heterocycles. The molecule has 1 rings (SSSR count). The first-order chi connectivity index (χ1) is 8.88. The highest BCUT2D eigenvalue weighted by molar-refractivity contribution is 5.78. The third-order valence-electron chi connectivity index (χ3n) is 3.78. The van der Waals surface area contributed by atoms with Gasteiger partial charge >= 0.3 is 0 Å². The van der Waals surface area contributed by atoms with Gasteiger partial charge in [0.05, 0.1) is 0 Å². The van der Waals surface area contributed by atoms with Crippen LogP contribution in [-0.2, 0) is 14.3 Å². The van der Waals surface area contributed by atoms with Crippen LogP contribution in [0.2, 0.25) is 0 Å². The molecule has 1 atom stereocenters. The number of likely N-dealkylation sites (tertiary alicyclic amines) is 1. The molecule has 0 aromatic heterocycles. The topological polar surface area (TPSA) is 38.8 Å². The third kappa shape index (κ3) is 5.11. The summed E-state index contributed by atoms with van der Waals surface area (Å²) < 4.78 is 11.0. The number of ether oxygens (including phenoxy) is 2. The van der Waals surface area contributed by atoms with Gasteiger partial charge in [-0.05, 0) is 25.2 Å². The predicted molar refractivity (Wildman–Crippen MR) is 75.8 cm³/mol. The summed E-state index contributed by atoms with van der Waals surface area (Å²) >= 11 is 0. The van der Waals surface area contributed by atoms with Crippen molar-refractivity contribution in [1.29, 1.82) is 0 Å². The van der Waals surface area contributed by atoms with E-state index in [1.807, 2.05) is 18.7 Å². The van der Waals surface area contributed by atoms with Crippen LogP contribution >= 0.6 is 0 Å². The number of hydrogen-bond donors (Lipinski definition) is 0. The van der Waals surface area contributed by atoms with Gasteiger partial charge in [-0.15, -0.1) is 0 Å². The van der Waals surface area contributed by atoms with E-state index in [-0.39, 0.29) is 17.6 Å². The number of amides is 1. The molecule has 0 radical (unpaired) electrons. The van der Waals surface area contributed by atoms with Crippen molar-refractivity contribution in [1.82, 2.24) is 4.90 Å². The van der Waals surface area contributed by atoms with Crippen molar-refractivity contribution < 1.29 is 14.3 Å². The summed E-state index contributed by atoms with van der Waals surface area (Å²) in [6.45, 7) is 13.4. The highest BCUT2D eigenvalue weighted by Crippen LogP contribution is 2.34. The van der Waals surface area contributed by atoms with E-state index in [0.717, 1.165) is 19.5 Å². The molecular weight excluding hydrogens is 242 g/mol. The number of hydrogen-bond acceptors (Lipinski definition) is 3. The lowest BCUT2D eigenvalue weighted by atomic mass is 9.80. The molecule has 19 heavy (non-hydrogen) atoms. The first kappa shape index (κ1) is 16.4. The second-order valence-corrected chi connectivity index (χ2v) is 6.24. The minimum atomic E-state index is -0.184. The van der Waals surface area contributed by atoms with Crippen molar-refractivity contribution >= 4 is 5.91 Å². The zero-order valence-electron chi connectivity index (χ0n) is 13.1. The maximum atomic E-state index is 12.0. The lowest BCUT2D eigenvalue weighted by Gasteiger charge is -2.27. The molecule has 0 N–H and O–H groups in total. The van der Waals surface area contributed by atoms with Gasteiger partial charge in [0.1, 0.15) is 0 Å². The molecule has 0 saturated carbocycles. The van der Waals surface area contributed by atoms with Gasteiger partial charge in [0.25, 0.3) is 0 Å². The molecule has 1 amide bonds. The highest BCUT2D eigenvalue weighted by Gasteiger charge is 2.36. The SMILES string of the molecule is CCOC(CCN1CC(C(C)(C)C)CC1=O)OCC. The molecule has 0 aliphatic carbocycles. The van der Waals surface area contributed by atoms with Crippen LogP contribution < -0.4 is 0 Å². The Bertz CT molecular complexity index is 280. The molecule has 1 fully saturated rings. The Balaban J connectivity index is 2.42. The lowest BCUT2D eigenvalue weighted by molar-refractivity contribution is -0.144. The molecule has 4 heteroatoms. The Kier molecular flexibility index (Phi) is 6.27. The minimum Gasteiger partial charge on any atom is -0.353 e. The Morgan fingerprint density at radius 2 is 1.84 bits per heavy atom. The number of nitrogens with zero attached hydrogens (tertiary/aromatic N) is 1. The second-order valence-electron chi connectivity index (χ2n) is 6.24. The van der Waals surface area contributed by atoms with E-state index in [4.69, 9.17) is 9.47 Å². The van der Waals surface area contributed by atoms with Crippen LogP contribution in [0.15, 0.2) is 0 Å². The maximum Gasteiger partial charge on any atom is 0.222 e. The summed E-state index contributed by atoms with van der Waals surface area (Å²) in [6.07, 6.45) is 1.25. The summed E-state index contributed by atoms with van der Waals surface area (Å²) in [4.78, 5) is 14.0. The van der Waals surface area contributed by atoms with Crippen LogP contribution in [0.25, 0.3) is 0 Å². The third-order valence-corrected chi connectivity index (χ3v) is 3.78. The van der Waals surface area contributed by atoms with Crippen molar-refractivity contribution in [2.75, 3.05) is 26.3 Å². The van der Waals surface area contributed by atoms with E-state index in [9.17, 15) is 4.79 Å². The first-order valence-electron chi connectivity index (χ1n) is 7.39. The molecule has 0 aromatic rings. The number of carbonyl (C=O) groups is 1. The number of carbonyl (C=O) groups excluding carboxylic acids is 1. The highest BCUT2D eigenvalue weighted by atomic mass is 16.7. The maximum absolute atomic E-state index is 12.0. The van der Waals surface area contributed by atoms with E-state index in [1.165, 1.54) is 0 Å². The van der Waals surface area contributed by atoms with E-state index in [2.05, 4.69) is 20.8 Å². The molecule has 0 aromatic carbocycles. The predicted octanol–water partition coefficient (Wildman–Crippen LogP) is 2.67. The van der Waals surface area contributed by atoms with E-state index < -0.39 is 0 Å². The van der Waals surface area contributed by atoms with Gasteiger partial charge in [0.2, 0.25) is 5.91 Å². The molecule has 1 unspecified atom stereocenters. The molecule has 0 bridgehead atoms. The molecule has 1 aliphatic rings. The lowest BCUT2D eigenvalue weighted by Crippen LogP contribution is -2.31. The van der Waals surface area contributed by atoms with Gasteiger partial charge in [0, 0.05) is 39.1 Å². The summed E-state index contributed by atoms with van der Waals surface area (Å²) in [6, 6.07) is 0. The fourth-order valence-corrected chi connectivity index (χ4v) is 2.42. The first-order valence-corrected chi connectivity index (χ1v) is 7.39. The Morgan fingerprint density at radius 1 is 1.26 bits per heavy atom. The standard InChI is InChI=1S/C15H29NO3/c1-6-18-14(19-7-2)8-9-16-11-12(10-13(16)17)15(3,4)5/h12,14H,6-11H2,1-5H3. The summed E-state index contributed by atoms with van der Waals surface area (Å²) in [5.74, 6) is 0.726. The molecule has 1 saturated heterocycles. The zero-order chi connectivity index (χ0) is 14.5. The Hall–Kier alpha value is -0.610. The van der Waals surface area contributed by atoms with Crippen LogP contribution in [0.5, 0.6) is 0 Å². The smallest absolute Gasteiger partial charge is 0.222 e. The van der Waals surface area contributed by atoms with Gasteiger partial charge in [-0.3, -0.25) is 4.79 Å². The van der Waals surface area contributed by atoms with Crippen molar-refractivity contribution in [3.05, 3.63) is 0 Å². The molecule has 4 nitrogen and oxygen atoms in total. The average molecular weight is 271 g/mol. The monoisotopic (exact) mass is 271 g/mol. The van der Waals surface area contributed by atoms with E-state index in [1.54, 1.807) is 0 Å². The molecule has 0 spiro atoms. The fourth-order valence-electron chi connectivity index (χ4n) is 2.42. The second kappa shape index (κ2) is 7.25. The van der Waals surface area contributed by atoms with Gasteiger partial charge in [0.15, 0.2) is 6.29 Å². The molecular formula is C15H29NO3. The quantitative estimate of drug-likeness (QED) is 0.668. The van der Waals surface area contributed by atoms with Gasteiger partial charge in [-0.2, -0.15) is 0 Å². The Labute approximate surface area is 117 Å². The van der Waals surface area contributed by atoms with Crippen molar-refractivity contribution in [2.45, 2.75) is 53.8 Å². The van der Waals surface area contributed by atoms with Crippen LogP contribution in [0.1, 0.15) is 47.5 Å². The summed E-state index contributed by atoms with van der Waals surface area (Å²) in [5, 5.41) is 0. The van der Waals surface area contributed by atoms with Gasteiger partial charge in [-0.1, -0.05) is 20.8 Å². The van der Waals surface area contributed by atoms with Crippen LogP contribution in [-0.4, -0.2) is 43.4 Å². The van der Waals surface area contributed by atoms with Gasteiger partial charge < -0.3 is 14.4 Å². The molecule has 1 heterocycles. The fraction of sp³-hybridized carbons (Fsp3) is 0.933. The van der Waals surface area contributed by atoms with Gasteiger partial charge in [-0.25, -0.2) is 0 Å². The largest absolute Gasteiger partial charge is 0.353 e.